The van der Waals surface area contributed by atoms with Gasteiger partial charge in [0, 0.05) is 22.7 Å². The van der Waals surface area contributed by atoms with Gasteiger partial charge in [-0.05, 0) is 42.8 Å². The average Bonchev–Trinajstić information content (AvgIpc) is 2.72. The first-order valence-corrected chi connectivity index (χ1v) is 9.52. The molecule has 154 valence electrons. The Morgan fingerprint density at radius 1 is 0.931 bits per heavy atom. The molecule has 3 aromatic rings. The van der Waals surface area contributed by atoms with Gasteiger partial charge in [-0.3, -0.25) is 0 Å². The lowest BCUT2D eigenvalue weighted by Crippen LogP contribution is -2.17. The number of ether oxygens (including phenoxy) is 2. The SMILES string of the molecule is COc1cccc(CNCCc2ccc(Cl)cc2)c1OCc1ccccc1F.Cl. The van der Waals surface area contributed by atoms with Crippen molar-refractivity contribution < 1.29 is 13.9 Å². The van der Waals surface area contributed by atoms with Crippen molar-refractivity contribution in [1.29, 1.82) is 0 Å². The van der Waals surface area contributed by atoms with E-state index in [0.29, 0.717) is 23.6 Å². The fourth-order valence-electron chi connectivity index (χ4n) is 2.90. The molecule has 0 unspecified atom stereocenters. The zero-order chi connectivity index (χ0) is 19.8. The second-order valence-electron chi connectivity index (χ2n) is 6.38. The van der Waals surface area contributed by atoms with Crippen molar-refractivity contribution in [2.45, 2.75) is 19.6 Å². The van der Waals surface area contributed by atoms with Gasteiger partial charge >= 0.3 is 0 Å². The quantitative estimate of drug-likeness (QED) is 0.429. The van der Waals surface area contributed by atoms with Crippen molar-refractivity contribution in [1.82, 2.24) is 5.32 Å². The molecule has 0 bridgehead atoms. The van der Waals surface area contributed by atoms with Gasteiger partial charge < -0.3 is 14.8 Å². The number of hydrogen-bond acceptors (Lipinski definition) is 3. The van der Waals surface area contributed by atoms with E-state index in [0.717, 1.165) is 23.6 Å². The Balaban J connectivity index is 0.00000300. The van der Waals surface area contributed by atoms with E-state index in [1.165, 1.54) is 11.6 Å². The third-order valence-corrected chi connectivity index (χ3v) is 4.68. The molecule has 0 aromatic heterocycles. The maximum atomic E-state index is 13.9. The van der Waals surface area contributed by atoms with Crippen LogP contribution in [0.5, 0.6) is 11.5 Å². The highest BCUT2D eigenvalue weighted by molar-refractivity contribution is 6.30. The summed E-state index contributed by atoms with van der Waals surface area (Å²) < 4.78 is 25.2. The summed E-state index contributed by atoms with van der Waals surface area (Å²) in [5.74, 6) is 0.987. The van der Waals surface area contributed by atoms with Crippen LogP contribution in [0.2, 0.25) is 5.02 Å². The molecular weight excluding hydrogens is 412 g/mol. The van der Waals surface area contributed by atoms with Gasteiger partial charge in [-0.25, -0.2) is 4.39 Å². The number of hydrogen-bond donors (Lipinski definition) is 1. The van der Waals surface area contributed by atoms with Crippen LogP contribution < -0.4 is 14.8 Å². The van der Waals surface area contributed by atoms with Crippen LogP contribution in [-0.2, 0) is 19.6 Å². The van der Waals surface area contributed by atoms with Crippen molar-refractivity contribution in [2.75, 3.05) is 13.7 Å². The van der Waals surface area contributed by atoms with Gasteiger partial charge in [-0.1, -0.05) is 54.1 Å². The molecule has 0 aliphatic heterocycles. The molecule has 0 fully saturated rings. The summed E-state index contributed by atoms with van der Waals surface area (Å²) in [4.78, 5) is 0. The zero-order valence-corrected chi connectivity index (χ0v) is 17.7. The fraction of sp³-hybridized carbons (Fsp3) is 0.217. The van der Waals surface area contributed by atoms with E-state index in [4.69, 9.17) is 21.1 Å². The highest BCUT2D eigenvalue weighted by Crippen LogP contribution is 2.32. The van der Waals surface area contributed by atoms with E-state index >= 15 is 0 Å². The van der Waals surface area contributed by atoms with E-state index in [-0.39, 0.29) is 24.8 Å². The summed E-state index contributed by atoms with van der Waals surface area (Å²) in [6.07, 6.45) is 0.895. The van der Waals surface area contributed by atoms with Gasteiger partial charge in [0.25, 0.3) is 0 Å². The third-order valence-electron chi connectivity index (χ3n) is 4.43. The molecule has 6 heteroatoms. The van der Waals surface area contributed by atoms with E-state index in [9.17, 15) is 4.39 Å². The van der Waals surface area contributed by atoms with E-state index in [2.05, 4.69) is 5.32 Å². The molecule has 0 saturated heterocycles. The highest BCUT2D eigenvalue weighted by atomic mass is 35.5. The van der Waals surface area contributed by atoms with Gasteiger partial charge in [0.15, 0.2) is 11.5 Å². The van der Waals surface area contributed by atoms with Crippen LogP contribution in [0.4, 0.5) is 4.39 Å². The lowest BCUT2D eigenvalue weighted by Gasteiger charge is -2.16. The number of benzene rings is 3. The minimum atomic E-state index is -0.278. The molecule has 1 N–H and O–H groups in total. The van der Waals surface area contributed by atoms with Crippen molar-refractivity contribution in [2.24, 2.45) is 0 Å². The van der Waals surface area contributed by atoms with Crippen LogP contribution >= 0.6 is 24.0 Å². The molecule has 0 spiro atoms. The largest absolute Gasteiger partial charge is 0.493 e. The summed E-state index contributed by atoms with van der Waals surface area (Å²) in [7, 11) is 1.60. The number of nitrogens with one attached hydrogen (secondary N) is 1. The summed E-state index contributed by atoms with van der Waals surface area (Å²) >= 11 is 5.92. The molecule has 0 heterocycles. The molecule has 3 nitrogen and oxygen atoms in total. The maximum absolute atomic E-state index is 13.9. The van der Waals surface area contributed by atoms with Gasteiger partial charge in [-0.15, -0.1) is 12.4 Å². The van der Waals surface area contributed by atoms with E-state index in [1.54, 1.807) is 25.3 Å². The Morgan fingerprint density at radius 3 is 2.38 bits per heavy atom. The Labute approximate surface area is 182 Å². The Hall–Kier alpha value is -2.27. The van der Waals surface area contributed by atoms with E-state index < -0.39 is 0 Å². The molecule has 0 aliphatic rings. The van der Waals surface area contributed by atoms with Crippen molar-refractivity contribution in [3.8, 4) is 11.5 Å². The molecule has 29 heavy (non-hydrogen) atoms. The molecule has 0 amide bonds. The van der Waals surface area contributed by atoms with Crippen LogP contribution in [0.3, 0.4) is 0 Å². The van der Waals surface area contributed by atoms with Gasteiger partial charge in [0.05, 0.1) is 7.11 Å². The van der Waals surface area contributed by atoms with Crippen LogP contribution in [0.1, 0.15) is 16.7 Å². The topological polar surface area (TPSA) is 30.5 Å². The standard InChI is InChI=1S/C23H23ClFNO2.ClH/c1-27-22-8-4-6-18(15-26-14-13-17-9-11-20(24)12-10-17)23(22)28-16-19-5-2-3-7-21(19)25;/h2-12,26H,13-16H2,1H3;1H. The normalized spacial score (nSPS) is 10.3. The first-order chi connectivity index (χ1) is 13.7. The summed E-state index contributed by atoms with van der Waals surface area (Å²) in [6, 6.07) is 20.2. The Kier molecular flexibility index (Phi) is 9.26. The molecule has 0 radical (unpaired) electrons. The lowest BCUT2D eigenvalue weighted by molar-refractivity contribution is 0.276. The fourth-order valence-corrected chi connectivity index (χ4v) is 3.02. The molecule has 0 atom stereocenters. The molecular formula is C23H24Cl2FNO2. The summed E-state index contributed by atoms with van der Waals surface area (Å²) in [5.41, 5.74) is 2.69. The van der Waals surface area contributed by atoms with Gasteiger partial charge in [0.2, 0.25) is 0 Å². The molecule has 3 aromatic carbocycles. The number of methoxy groups -OCH3 is 1. The zero-order valence-electron chi connectivity index (χ0n) is 16.2. The van der Waals surface area contributed by atoms with Crippen LogP contribution in [0.25, 0.3) is 0 Å². The first kappa shape index (κ1) is 23.0. The second-order valence-corrected chi connectivity index (χ2v) is 6.82. The van der Waals surface area contributed by atoms with Crippen LogP contribution in [-0.4, -0.2) is 13.7 Å². The second kappa shape index (κ2) is 11.7. The smallest absolute Gasteiger partial charge is 0.166 e. The monoisotopic (exact) mass is 435 g/mol. The predicted octanol–water partition coefficient (Wildman–Crippen LogP) is 5.82. The van der Waals surface area contributed by atoms with Gasteiger partial charge in [-0.2, -0.15) is 0 Å². The molecule has 0 saturated carbocycles. The highest BCUT2D eigenvalue weighted by Gasteiger charge is 2.12. The maximum Gasteiger partial charge on any atom is 0.166 e. The minimum Gasteiger partial charge on any atom is -0.493 e. The average molecular weight is 436 g/mol. The third kappa shape index (κ3) is 6.64. The number of para-hydroxylation sites is 1. The van der Waals surface area contributed by atoms with Crippen LogP contribution in [0, 0.1) is 5.82 Å². The summed E-state index contributed by atoms with van der Waals surface area (Å²) in [5, 5.41) is 4.16. The Bertz CT molecular complexity index is 904. The molecule has 0 aliphatic carbocycles. The van der Waals surface area contributed by atoms with Gasteiger partial charge in [0.1, 0.15) is 12.4 Å². The number of halogens is 3. The number of rotatable bonds is 9. The van der Waals surface area contributed by atoms with Crippen molar-refractivity contribution >= 4 is 24.0 Å². The van der Waals surface area contributed by atoms with Crippen molar-refractivity contribution in [3.63, 3.8) is 0 Å². The minimum absolute atomic E-state index is 0. The van der Waals surface area contributed by atoms with Crippen LogP contribution in [0.15, 0.2) is 66.7 Å². The van der Waals surface area contributed by atoms with Crippen molar-refractivity contribution in [3.05, 3.63) is 94.3 Å². The Morgan fingerprint density at radius 2 is 1.66 bits per heavy atom. The van der Waals surface area contributed by atoms with E-state index in [1.807, 2.05) is 42.5 Å². The first-order valence-electron chi connectivity index (χ1n) is 9.14. The summed E-state index contributed by atoms with van der Waals surface area (Å²) in [6.45, 7) is 1.58. The molecule has 3 rings (SSSR count). The lowest BCUT2D eigenvalue weighted by atomic mass is 10.1. The predicted molar refractivity (Wildman–Crippen MR) is 118 cm³/mol.